The fraction of sp³-hybridized carbons (Fsp3) is 0.333. The third-order valence-electron chi connectivity index (χ3n) is 5.21. The SMILES string of the molecule is Cc1ccc(Cl)cc1N1CCN(C(=O)C[C@H]2Sc3ccccc3NC2=O)CC1. The first kappa shape index (κ1) is 19.2. The Labute approximate surface area is 174 Å². The molecule has 2 heterocycles. The summed E-state index contributed by atoms with van der Waals surface area (Å²) in [5.41, 5.74) is 3.13. The van der Waals surface area contributed by atoms with E-state index in [1.54, 1.807) is 0 Å². The van der Waals surface area contributed by atoms with Crippen molar-refractivity contribution in [3.8, 4) is 0 Å². The van der Waals surface area contributed by atoms with Crippen LogP contribution in [0.2, 0.25) is 5.02 Å². The third kappa shape index (κ3) is 3.98. The summed E-state index contributed by atoms with van der Waals surface area (Å²) in [7, 11) is 0. The van der Waals surface area contributed by atoms with Gasteiger partial charge in [-0.25, -0.2) is 0 Å². The van der Waals surface area contributed by atoms with Crippen LogP contribution in [0.4, 0.5) is 11.4 Å². The lowest BCUT2D eigenvalue weighted by Gasteiger charge is -2.37. The number of nitrogens with one attached hydrogen (secondary N) is 1. The molecule has 1 fully saturated rings. The van der Waals surface area contributed by atoms with Gasteiger partial charge < -0.3 is 15.1 Å². The van der Waals surface area contributed by atoms with Gasteiger partial charge in [0.15, 0.2) is 0 Å². The summed E-state index contributed by atoms with van der Waals surface area (Å²) in [5, 5.41) is 3.25. The molecule has 1 N–H and O–H groups in total. The largest absolute Gasteiger partial charge is 0.368 e. The second-order valence-electron chi connectivity index (χ2n) is 7.09. The molecule has 2 aliphatic heterocycles. The quantitative estimate of drug-likeness (QED) is 0.828. The van der Waals surface area contributed by atoms with Crippen LogP contribution in [0.1, 0.15) is 12.0 Å². The van der Waals surface area contributed by atoms with E-state index in [0.717, 1.165) is 34.4 Å². The van der Waals surface area contributed by atoms with E-state index < -0.39 is 0 Å². The van der Waals surface area contributed by atoms with Gasteiger partial charge in [-0.1, -0.05) is 29.8 Å². The van der Waals surface area contributed by atoms with Crippen molar-refractivity contribution in [2.75, 3.05) is 36.4 Å². The second kappa shape index (κ2) is 8.05. The van der Waals surface area contributed by atoms with Gasteiger partial charge in [-0.3, -0.25) is 9.59 Å². The molecule has 4 rings (SSSR count). The van der Waals surface area contributed by atoms with E-state index >= 15 is 0 Å². The summed E-state index contributed by atoms with van der Waals surface area (Å²) < 4.78 is 0. The van der Waals surface area contributed by atoms with E-state index in [4.69, 9.17) is 11.6 Å². The Morgan fingerprint density at radius 1 is 1.18 bits per heavy atom. The Morgan fingerprint density at radius 2 is 1.93 bits per heavy atom. The highest BCUT2D eigenvalue weighted by Gasteiger charge is 2.31. The van der Waals surface area contributed by atoms with Gasteiger partial charge in [-0.05, 0) is 36.8 Å². The fourth-order valence-corrected chi connectivity index (χ4v) is 4.90. The molecular weight excluding hydrogens is 394 g/mol. The van der Waals surface area contributed by atoms with Gasteiger partial charge in [0.05, 0.1) is 10.9 Å². The molecule has 1 atom stereocenters. The van der Waals surface area contributed by atoms with E-state index in [1.165, 1.54) is 17.3 Å². The molecule has 28 heavy (non-hydrogen) atoms. The number of para-hydroxylation sites is 1. The first-order valence-electron chi connectivity index (χ1n) is 9.37. The van der Waals surface area contributed by atoms with Crippen LogP contribution in [-0.2, 0) is 9.59 Å². The summed E-state index contributed by atoms with van der Waals surface area (Å²) in [6.07, 6.45) is 0.223. The number of benzene rings is 2. The lowest BCUT2D eigenvalue weighted by atomic mass is 10.1. The van der Waals surface area contributed by atoms with Crippen molar-refractivity contribution in [3.63, 3.8) is 0 Å². The normalized spacial score (nSPS) is 19.2. The van der Waals surface area contributed by atoms with Crippen molar-refractivity contribution in [2.24, 2.45) is 0 Å². The highest BCUT2D eigenvalue weighted by atomic mass is 35.5. The van der Waals surface area contributed by atoms with Crippen molar-refractivity contribution in [1.29, 1.82) is 0 Å². The van der Waals surface area contributed by atoms with Crippen molar-refractivity contribution in [3.05, 3.63) is 53.1 Å². The molecule has 0 aliphatic carbocycles. The van der Waals surface area contributed by atoms with Crippen molar-refractivity contribution in [1.82, 2.24) is 4.90 Å². The highest BCUT2D eigenvalue weighted by Crippen LogP contribution is 2.37. The number of carbonyl (C=O) groups excluding carboxylic acids is 2. The molecule has 2 aliphatic rings. The number of rotatable bonds is 3. The predicted octanol–water partition coefficient (Wildman–Crippen LogP) is 3.80. The molecule has 5 nitrogen and oxygen atoms in total. The topological polar surface area (TPSA) is 52.6 Å². The number of amides is 2. The first-order chi connectivity index (χ1) is 13.5. The van der Waals surface area contributed by atoms with Crippen LogP contribution in [-0.4, -0.2) is 48.1 Å². The average Bonchev–Trinajstić information content (AvgIpc) is 2.70. The molecule has 2 aromatic carbocycles. The van der Waals surface area contributed by atoms with Gasteiger partial charge >= 0.3 is 0 Å². The summed E-state index contributed by atoms with van der Waals surface area (Å²) in [5.74, 6) is -0.0558. The minimum atomic E-state index is -0.379. The second-order valence-corrected chi connectivity index (χ2v) is 8.78. The van der Waals surface area contributed by atoms with Gasteiger partial charge in [0, 0.05) is 48.2 Å². The maximum absolute atomic E-state index is 12.8. The minimum Gasteiger partial charge on any atom is -0.368 e. The maximum atomic E-state index is 12.8. The van der Waals surface area contributed by atoms with E-state index in [-0.39, 0.29) is 23.5 Å². The van der Waals surface area contributed by atoms with Crippen LogP contribution in [0.3, 0.4) is 0 Å². The molecule has 1 saturated heterocycles. The number of carbonyl (C=O) groups is 2. The summed E-state index contributed by atoms with van der Waals surface area (Å²) in [4.78, 5) is 30.3. The number of thioether (sulfide) groups is 1. The molecule has 146 valence electrons. The summed E-state index contributed by atoms with van der Waals surface area (Å²) in [6, 6.07) is 13.6. The van der Waals surface area contributed by atoms with Crippen LogP contribution >= 0.6 is 23.4 Å². The first-order valence-corrected chi connectivity index (χ1v) is 10.6. The molecule has 0 bridgehead atoms. The number of hydrogen-bond donors (Lipinski definition) is 1. The molecule has 7 heteroatoms. The number of fused-ring (bicyclic) bond motifs is 1. The van der Waals surface area contributed by atoms with E-state index in [9.17, 15) is 9.59 Å². The molecule has 0 saturated carbocycles. The number of hydrogen-bond acceptors (Lipinski definition) is 4. The maximum Gasteiger partial charge on any atom is 0.238 e. The molecule has 0 radical (unpaired) electrons. The Kier molecular flexibility index (Phi) is 5.51. The van der Waals surface area contributed by atoms with E-state index in [1.807, 2.05) is 47.4 Å². The van der Waals surface area contributed by atoms with Crippen molar-refractivity contribution in [2.45, 2.75) is 23.5 Å². The molecule has 0 unspecified atom stereocenters. The Balaban J connectivity index is 1.36. The van der Waals surface area contributed by atoms with Crippen LogP contribution in [0.25, 0.3) is 0 Å². The fourth-order valence-electron chi connectivity index (χ4n) is 3.63. The Hall–Kier alpha value is -2.18. The van der Waals surface area contributed by atoms with Crippen LogP contribution in [0.15, 0.2) is 47.4 Å². The van der Waals surface area contributed by atoms with Gasteiger partial charge in [-0.2, -0.15) is 0 Å². The number of nitrogens with zero attached hydrogens (tertiary/aromatic N) is 2. The number of anilines is 2. The Bertz CT molecular complexity index is 912. The molecule has 2 amide bonds. The summed E-state index contributed by atoms with van der Waals surface area (Å²) >= 11 is 7.62. The van der Waals surface area contributed by atoms with E-state index in [0.29, 0.717) is 13.1 Å². The minimum absolute atomic E-state index is 0.0366. The van der Waals surface area contributed by atoms with Gasteiger partial charge in [-0.15, -0.1) is 11.8 Å². The van der Waals surface area contributed by atoms with Crippen LogP contribution in [0.5, 0.6) is 0 Å². The van der Waals surface area contributed by atoms with Crippen molar-refractivity contribution >= 4 is 46.6 Å². The number of piperazine rings is 1. The zero-order valence-corrected chi connectivity index (χ0v) is 17.2. The lowest BCUT2D eigenvalue weighted by Crippen LogP contribution is -2.50. The summed E-state index contributed by atoms with van der Waals surface area (Å²) in [6.45, 7) is 4.90. The average molecular weight is 416 g/mol. The number of aryl methyl sites for hydroxylation is 1. The molecule has 0 aromatic heterocycles. The lowest BCUT2D eigenvalue weighted by molar-refractivity contribution is -0.132. The van der Waals surface area contributed by atoms with E-state index in [2.05, 4.69) is 17.1 Å². The van der Waals surface area contributed by atoms with Crippen LogP contribution < -0.4 is 10.2 Å². The molecular formula is C21H22ClN3O2S. The van der Waals surface area contributed by atoms with Crippen molar-refractivity contribution < 1.29 is 9.59 Å². The highest BCUT2D eigenvalue weighted by molar-refractivity contribution is 8.01. The third-order valence-corrected chi connectivity index (χ3v) is 6.72. The number of halogens is 1. The monoisotopic (exact) mass is 415 g/mol. The Morgan fingerprint density at radius 3 is 2.71 bits per heavy atom. The molecule has 0 spiro atoms. The smallest absolute Gasteiger partial charge is 0.238 e. The van der Waals surface area contributed by atoms with Gasteiger partial charge in [0.2, 0.25) is 11.8 Å². The predicted molar refractivity (Wildman–Crippen MR) is 114 cm³/mol. The zero-order chi connectivity index (χ0) is 19.7. The van der Waals surface area contributed by atoms with Crippen LogP contribution in [0, 0.1) is 6.92 Å². The van der Waals surface area contributed by atoms with Gasteiger partial charge in [0.1, 0.15) is 0 Å². The van der Waals surface area contributed by atoms with Gasteiger partial charge in [0.25, 0.3) is 0 Å². The standard InChI is InChI=1S/C21H22ClN3O2S/c1-14-6-7-15(22)12-17(14)24-8-10-25(11-9-24)20(26)13-19-21(27)23-16-4-2-3-5-18(16)28-19/h2-7,12,19H,8-11,13H2,1H3,(H,23,27)/t19-/m1/s1. The zero-order valence-electron chi connectivity index (χ0n) is 15.7. The molecule has 2 aromatic rings.